The molecule has 0 amide bonds. The highest BCUT2D eigenvalue weighted by Crippen LogP contribution is 2.27. The summed E-state index contributed by atoms with van der Waals surface area (Å²) in [5.74, 6) is 0.512. The van der Waals surface area contributed by atoms with Crippen molar-refractivity contribution in [2.75, 3.05) is 12.3 Å². The van der Waals surface area contributed by atoms with E-state index in [2.05, 4.69) is 12.0 Å². The summed E-state index contributed by atoms with van der Waals surface area (Å²) in [6.45, 7) is 4.93. The van der Waals surface area contributed by atoms with Crippen LogP contribution in [0.15, 0.2) is 30.6 Å². The number of anilines is 1. The first-order valence-electron chi connectivity index (χ1n) is 6.91. The van der Waals surface area contributed by atoms with Gasteiger partial charge in [0.2, 0.25) is 0 Å². The predicted molar refractivity (Wildman–Crippen MR) is 79.4 cm³/mol. The van der Waals surface area contributed by atoms with Crippen LogP contribution >= 0.6 is 0 Å². The summed E-state index contributed by atoms with van der Waals surface area (Å²) in [7, 11) is 0. The average molecular weight is 289 g/mol. The van der Waals surface area contributed by atoms with Gasteiger partial charge in [0.15, 0.2) is 5.75 Å². The molecule has 0 atom stereocenters. The fraction of sp³-hybridized carbons (Fsp3) is 0.333. The SMILES string of the molecule is CCCn1cc(Oc2ccc(N)cc2C(=O)OCC)cn1. The van der Waals surface area contributed by atoms with E-state index in [4.69, 9.17) is 15.2 Å². The van der Waals surface area contributed by atoms with Gasteiger partial charge in [0.25, 0.3) is 0 Å². The van der Waals surface area contributed by atoms with Gasteiger partial charge in [-0.25, -0.2) is 4.79 Å². The Balaban J connectivity index is 2.23. The third-order valence-corrected chi connectivity index (χ3v) is 2.79. The Morgan fingerprint density at radius 1 is 1.38 bits per heavy atom. The summed E-state index contributed by atoms with van der Waals surface area (Å²) in [6.07, 6.45) is 4.38. The number of hydrogen-bond donors (Lipinski definition) is 1. The van der Waals surface area contributed by atoms with Crippen molar-refractivity contribution in [3.8, 4) is 11.5 Å². The molecule has 0 aliphatic heterocycles. The lowest BCUT2D eigenvalue weighted by Gasteiger charge is -2.09. The van der Waals surface area contributed by atoms with E-state index in [1.54, 1.807) is 42.2 Å². The van der Waals surface area contributed by atoms with Gasteiger partial charge in [-0.3, -0.25) is 4.68 Å². The standard InChI is InChI=1S/C15H19N3O3/c1-3-7-18-10-12(9-17-18)21-14-6-5-11(16)8-13(14)15(19)20-4-2/h5-6,8-10H,3-4,7,16H2,1-2H3. The van der Waals surface area contributed by atoms with E-state index in [1.807, 2.05) is 0 Å². The third-order valence-electron chi connectivity index (χ3n) is 2.79. The number of ether oxygens (including phenoxy) is 2. The lowest BCUT2D eigenvalue weighted by molar-refractivity contribution is 0.0523. The maximum Gasteiger partial charge on any atom is 0.342 e. The molecule has 0 unspecified atom stereocenters. The van der Waals surface area contributed by atoms with Crippen molar-refractivity contribution >= 4 is 11.7 Å². The second-order valence-corrected chi connectivity index (χ2v) is 4.52. The maximum absolute atomic E-state index is 11.9. The van der Waals surface area contributed by atoms with E-state index in [1.165, 1.54) is 0 Å². The van der Waals surface area contributed by atoms with Crippen LogP contribution in [0, 0.1) is 0 Å². The van der Waals surface area contributed by atoms with Crippen molar-refractivity contribution in [1.29, 1.82) is 0 Å². The van der Waals surface area contributed by atoms with Gasteiger partial charge in [-0.05, 0) is 31.5 Å². The van der Waals surface area contributed by atoms with E-state index >= 15 is 0 Å². The summed E-state index contributed by atoms with van der Waals surface area (Å²) >= 11 is 0. The molecule has 1 aromatic carbocycles. The fourth-order valence-electron chi connectivity index (χ4n) is 1.88. The number of aromatic nitrogens is 2. The second kappa shape index (κ2) is 6.78. The topological polar surface area (TPSA) is 79.4 Å². The van der Waals surface area contributed by atoms with Gasteiger partial charge >= 0.3 is 5.97 Å². The molecule has 0 spiro atoms. The molecule has 0 aliphatic carbocycles. The zero-order valence-corrected chi connectivity index (χ0v) is 12.2. The molecule has 21 heavy (non-hydrogen) atoms. The Bertz CT molecular complexity index is 622. The number of nitrogens with zero attached hydrogens (tertiary/aromatic N) is 2. The Morgan fingerprint density at radius 3 is 2.90 bits per heavy atom. The molecule has 0 fully saturated rings. The second-order valence-electron chi connectivity index (χ2n) is 4.52. The van der Waals surface area contributed by atoms with Gasteiger partial charge in [-0.15, -0.1) is 0 Å². The number of nitrogens with two attached hydrogens (primary N) is 1. The van der Waals surface area contributed by atoms with Gasteiger partial charge in [0.1, 0.15) is 11.3 Å². The Labute approximate surface area is 123 Å². The van der Waals surface area contributed by atoms with Crippen molar-refractivity contribution in [1.82, 2.24) is 9.78 Å². The summed E-state index contributed by atoms with van der Waals surface area (Å²) < 4.78 is 12.5. The number of carbonyl (C=O) groups is 1. The largest absolute Gasteiger partial charge is 0.462 e. The molecular weight excluding hydrogens is 270 g/mol. The molecule has 6 heteroatoms. The van der Waals surface area contributed by atoms with E-state index in [0.29, 0.717) is 29.4 Å². The summed E-state index contributed by atoms with van der Waals surface area (Å²) in [5.41, 5.74) is 6.50. The molecule has 1 aromatic heterocycles. The van der Waals surface area contributed by atoms with E-state index in [9.17, 15) is 4.79 Å². The van der Waals surface area contributed by atoms with Crippen molar-refractivity contribution < 1.29 is 14.3 Å². The minimum atomic E-state index is -0.458. The van der Waals surface area contributed by atoms with Gasteiger partial charge in [-0.1, -0.05) is 6.92 Å². The first-order valence-corrected chi connectivity index (χ1v) is 6.91. The van der Waals surface area contributed by atoms with Crippen LogP contribution in [0.25, 0.3) is 0 Å². The number of rotatable bonds is 6. The number of esters is 1. The molecule has 0 saturated heterocycles. The van der Waals surface area contributed by atoms with Crippen molar-refractivity contribution in [3.05, 3.63) is 36.2 Å². The van der Waals surface area contributed by atoms with Crippen LogP contribution in [0.2, 0.25) is 0 Å². The highest BCUT2D eigenvalue weighted by molar-refractivity contribution is 5.93. The minimum Gasteiger partial charge on any atom is -0.462 e. The van der Waals surface area contributed by atoms with Crippen LogP contribution in [-0.4, -0.2) is 22.4 Å². The van der Waals surface area contributed by atoms with E-state index in [0.717, 1.165) is 13.0 Å². The zero-order chi connectivity index (χ0) is 15.2. The third kappa shape index (κ3) is 3.75. The maximum atomic E-state index is 11.9. The molecule has 0 aliphatic rings. The van der Waals surface area contributed by atoms with Crippen molar-refractivity contribution in [2.24, 2.45) is 0 Å². The molecule has 1 heterocycles. The zero-order valence-electron chi connectivity index (χ0n) is 12.2. The molecule has 0 radical (unpaired) electrons. The van der Waals surface area contributed by atoms with Crippen LogP contribution in [0.5, 0.6) is 11.5 Å². The molecule has 0 saturated carbocycles. The van der Waals surface area contributed by atoms with Crippen LogP contribution < -0.4 is 10.5 Å². The summed E-state index contributed by atoms with van der Waals surface area (Å²) in [5, 5.41) is 4.18. The number of aryl methyl sites for hydroxylation is 1. The van der Waals surface area contributed by atoms with Gasteiger partial charge < -0.3 is 15.2 Å². The monoisotopic (exact) mass is 289 g/mol. The van der Waals surface area contributed by atoms with Gasteiger partial charge in [0, 0.05) is 12.2 Å². The number of hydrogen-bond acceptors (Lipinski definition) is 5. The van der Waals surface area contributed by atoms with Gasteiger partial charge in [-0.2, -0.15) is 5.10 Å². The van der Waals surface area contributed by atoms with Crippen molar-refractivity contribution in [3.63, 3.8) is 0 Å². The molecular formula is C15H19N3O3. The fourth-order valence-corrected chi connectivity index (χ4v) is 1.88. The van der Waals surface area contributed by atoms with Crippen LogP contribution in [0.3, 0.4) is 0 Å². The summed E-state index contributed by atoms with van der Waals surface area (Å²) in [6, 6.07) is 4.87. The van der Waals surface area contributed by atoms with Gasteiger partial charge in [0.05, 0.1) is 19.0 Å². The molecule has 0 bridgehead atoms. The van der Waals surface area contributed by atoms with Crippen LogP contribution in [0.4, 0.5) is 5.69 Å². The number of nitrogen functional groups attached to an aromatic ring is 1. The minimum absolute atomic E-state index is 0.293. The van der Waals surface area contributed by atoms with E-state index in [-0.39, 0.29) is 0 Å². The van der Waals surface area contributed by atoms with E-state index < -0.39 is 5.97 Å². The Morgan fingerprint density at radius 2 is 2.19 bits per heavy atom. The molecule has 6 nitrogen and oxygen atoms in total. The predicted octanol–water partition coefficient (Wildman–Crippen LogP) is 2.84. The lowest BCUT2D eigenvalue weighted by atomic mass is 10.2. The highest BCUT2D eigenvalue weighted by atomic mass is 16.5. The molecule has 2 rings (SSSR count). The summed E-state index contributed by atoms with van der Waals surface area (Å²) in [4.78, 5) is 11.9. The first-order chi connectivity index (χ1) is 10.1. The number of benzene rings is 1. The number of carbonyl (C=O) groups excluding carboxylic acids is 1. The quantitative estimate of drug-likeness (QED) is 0.653. The van der Waals surface area contributed by atoms with Crippen LogP contribution in [-0.2, 0) is 11.3 Å². The normalized spacial score (nSPS) is 10.4. The first kappa shape index (κ1) is 14.9. The lowest BCUT2D eigenvalue weighted by Crippen LogP contribution is -2.07. The molecule has 2 N–H and O–H groups in total. The average Bonchev–Trinajstić information content (AvgIpc) is 2.89. The highest BCUT2D eigenvalue weighted by Gasteiger charge is 2.15. The smallest absolute Gasteiger partial charge is 0.342 e. The van der Waals surface area contributed by atoms with Crippen LogP contribution in [0.1, 0.15) is 30.6 Å². The molecule has 2 aromatic rings. The molecule has 112 valence electrons. The Hall–Kier alpha value is -2.50. The Kier molecular flexibility index (Phi) is 4.81. The van der Waals surface area contributed by atoms with Crippen molar-refractivity contribution in [2.45, 2.75) is 26.8 Å².